The quantitative estimate of drug-likeness (QED) is 0.771. The monoisotopic (exact) mass is 246 g/mol. The smallest absolute Gasteiger partial charge is 0.159 e. The van der Waals surface area contributed by atoms with Gasteiger partial charge in [0.1, 0.15) is 0 Å². The van der Waals surface area contributed by atoms with E-state index in [1.807, 2.05) is 6.08 Å². The van der Waals surface area contributed by atoms with Gasteiger partial charge in [-0.25, -0.2) is 18.7 Å². The fourth-order valence-corrected chi connectivity index (χ4v) is 1.54. The summed E-state index contributed by atoms with van der Waals surface area (Å²) in [7, 11) is 0. The fourth-order valence-electron chi connectivity index (χ4n) is 1.54. The van der Waals surface area contributed by atoms with Crippen molar-refractivity contribution in [3.63, 3.8) is 0 Å². The lowest BCUT2D eigenvalue weighted by Gasteiger charge is -2.02. The molecule has 1 aromatic carbocycles. The van der Waals surface area contributed by atoms with Crippen molar-refractivity contribution in [1.82, 2.24) is 9.97 Å². The van der Waals surface area contributed by atoms with Crippen molar-refractivity contribution in [3.8, 4) is 11.4 Å². The van der Waals surface area contributed by atoms with Crippen LogP contribution in [0.15, 0.2) is 43.2 Å². The number of halogens is 2. The van der Waals surface area contributed by atoms with Crippen LogP contribution in [0.3, 0.4) is 0 Å². The topological polar surface area (TPSA) is 25.8 Å². The summed E-state index contributed by atoms with van der Waals surface area (Å²) < 4.78 is 25.9. The lowest BCUT2D eigenvalue weighted by atomic mass is 10.1. The Bertz CT molecular complexity index is 550. The minimum Gasteiger partial charge on any atom is -0.236 e. The van der Waals surface area contributed by atoms with Crippen LogP contribution in [0.25, 0.3) is 11.4 Å². The summed E-state index contributed by atoms with van der Waals surface area (Å²) in [6.45, 7) is 3.64. The van der Waals surface area contributed by atoms with Crippen molar-refractivity contribution < 1.29 is 8.78 Å². The van der Waals surface area contributed by atoms with Gasteiger partial charge >= 0.3 is 0 Å². The Hall–Kier alpha value is -2.10. The molecule has 0 amide bonds. The van der Waals surface area contributed by atoms with Gasteiger partial charge in [0.2, 0.25) is 0 Å². The summed E-state index contributed by atoms with van der Waals surface area (Å²) in [6.07, 6.45) is 6.87. The number of aryl methyl sites for hydroxylation is 1. The van der Waals surface area contributed by atoms with E-state index < -0.39 is 11.6 Å². The van der Waals surface area contributed by atoms with E-state index in [-0.39, 0.29) is 0 Å². The molecule has 0 aliphatic heterocycles. The van der Waals surface area contributed by atoms with Crippen LogP contribution in [0.1, 0.15) is 12.0 Å². The Morgan fingerprint density at radius 2 is 1.83 bits per heavy atom. The standard InChI is InChI=1S/C14H12F2N2/c1-2-3-4-10-8-17-14(18-9-10)11-5-6-12(15)13(16)7-11/h2,5-9H,1,3-4H2. The second-order valence-electron chi connectivity index (χ2n) is 3.87. The van der Waals surface area contributed by atoms with Gasteiger partial charge in [0.05, 0.1) is 0 Å². The van der Waals surface area contributed by atoms with Crippen LogP contribution < -0.4 is 0 Å². The van der Waals surface area contributed by atoms with Gasteiger partial charge in [0.25, 0.3) is 0 Å². The average molecular weight is 246 g/mol. The third-order valence-corrected chi connectivity index (χ3v) is 2.52. The minimum absolute atomic E-state index is 0.385. The highest BCUT2D eigenvalue weighted by molar-refractivity contribution is 5.54. The molecule has 0 spiro atoms. The van der Waals surface area contributed by atoms with E-state index in [1.54, 1.807) is 12.4 Å². The summed E-state index contributed by atoms with van der Waals surface area (Å²) in [5, 5.41) is 0. The van der Waals surface area contributed by atoms with Crippen molar-refractivity contribution >= 4 is 0 Å². The number of rotatable bonds is 4. The highest BCUT2D eigenvalue weighted by atomic mass is 19.2. The summed E-state index contributed by atoms with van der Waals surface area (Å²) in [5.41, 5.74) is 1.45. The number of allylic oxidation sites excluding steroid dienone is 1. The third-order valence-electron chi connectivity index (χ3n) is 2.52. The highest BCUT2D eigenvalue weighted by Gasteiger charge is 2.06. The first-order chi connectivity index (χ1) is 8.70. The lowest BCUT2D eigenvalue weighted by Crippen LogP contribution is -1.93. The van der Waals surface area contributed by atoms with E-state index in [0.29, 0.717) is 11.4 Å². The number of hydrogen-bond donors (Lipinski definition) is 0. The molecule has 18 heavy (non-hydrogen) atoms. The maximum absolute atomic E-state index is 13.1. The molecular weight excluding hydrogens is 234 g/mol. The summed E-state index contributed by atoms with van der Waals surface area (Å²) >= 11 is 0. The van der Waals surface area contributed by atoms with Crippen LogP contribution in [-0.4, -0.2) is 9.97 Å². The largest absolute Gasteiger partial charge is 0.236 e. The van der Waals surface area contributed by atoms with E-state index in [0.717, 1.165) is 30.5 Å². The Labute approximate surface area is 104 Å². The van der Waals surface area contributed by atoms with E-state index in [2.05, 4.69) is 16.5 Å². The highest BCUT2D eigenvalue weighted by Crippen LogP contribution is 2.17. The van der Waals surface area contributed by atoms with Gasteiger partial charge in [-0.05, 0) is 36.6 Å². The van der Waals surface area contributed by atoms with Crippen molar-refractivity contribution in [1.29, 1.82) is 0 Å². The molecule has 2 nitrogen and oxygen atoms in total. The van der Waals surface area contributed by atoms with E-state index >= 15 is 0 Å². The first-order valence-corrected chi connectivity index (χ1v) is 5.58. The van der Waals surface area contributed by atoms with E-state index in [4.69, 9.17) is 0 Å². The van der Waals surface area contributed by atoms with Crippen LogP contribution in [-0.2, 0) is 6.42 Å². The zero-order chi connectivity index (χ0) is 13.0. The first-order valence-electron chi connectivity index (χ1n) is 5.58. The molecule has 0 radical (unpaired) electrons. The third kappa shape index (κ3) is 2.77. The molecule has 1 heterocycles. The maximum Gasteiger partial charge on any atom is 0.159 e. The lowest BCUT2D eigenvalue weighted by molar-refractivity contribution is 0.509. The molecule has 0 saturated heterocycles. The second kappa shape index (κ2) is 5.49. The molecule has 0 N–H and O–H groups in total. The van der Waals surface area contributed by atoms with Crippen molar-refractivity contribution in [2.75, 3.05) is 0 Å². The number of aromatic nitrogens is 2. The van der Waals surface area contributed by atoms with Gasteiger partial charge in [-0.3, -0.25) is 0 Å². The SMILES string of the molecule is C=CCCc1cnc(-c2ccc(F)c(F)c2)nc1. The van der Waals surface area contributed by atoms with Gasteiger partial charge < -0.3 is 0 Å². The molecule has 2 aromatic rings. The molecule has 92 valence electrons. The summed E-state index contributed by atoms with van der Waals surface area (Å²) in [6, 6.07) is 3.62. The molecular formula is C14H12F2N2. The van der Waals surface area contributed by atoms with Crippen molar-refractivity contribution in [3.05, 3.63) is 60.4 Å². The number of hydrogen-bond acceptors (Lipinski definition) is 2. The predicted molar refractivity (Wildman–Crippen MR) is 65.9 cm³/mol. The molecule has 0 fully saturated rings. The van der Waals surface area contributed by atoms with Gasteiger partial charge in [-0.15, -0.1) is 6.58 Å². The van der Waals surface area contributed by atoms with Crippen molar-refractivity contribution in [2.24, 2.45) is 0 Å². The molecule has 0 unspecified atom stereocenters. The summed E-state index contributed by atoms with van der Waals surface area (Å²) in [5.74, 6) is -1.38. The van der Waals surface area contributed by atoms with Gasteiger partial charge in [0.15, 0.2) is 17.5 Å². The minimum atomic E-state index is -0.896. The average Bonchev–Trinajstić information content (AvgIpc) is 2.40. The maximum atomic E-state index is 13.1. The van der Waals surface area contributed by atoms with Crippen LogP contribution in [0.4, 0.5) is 8.78 Å². The molecule has 2 rings (SSSR count). The molecule has 0 bridgehead atoms. The molecule has 0 saturated carbocycles. The Balaban J connectivity index is 2.22. The fraction of sp³-hybridized carbons (Fsp3) is 0.143. The molecule has 0 atom stereocenters. The second-order valence-corrected chi connectivity index (χ2v) is 3.87. The van der Waals surface area contributed by atoms with Crippen LogP contribution in [0.2, 0.25) is 0 Å². The molecule has 4 heteroatoms. The zero-order valence-corrected chi connectivity index (χ0v) is 9.74. The van der Waals surface area contributed by atoms with Crippen molar-refractivity contribution in [2.45, 2.75) is 12.8 Å². The zero-order valence-electron chi connectivity index (χ0n) is 9.74. The summed E-state index contributed by atoms with van der Waals surface area (Å²) in [4.78, 5) is 8.28. The Morgan fingerprint density at radius 1 is 1.11 bits per heavy atom. The Kier molecular flexibility index (Phi) is 3.77. The number of nitrogens with zero attached hydrogens (tertiary/aromatic N) is 2. The molecule has 0 aliphatic carbocycles. The Morgan fingerprint density at radius 3 is 2.44 bits per heavy atom. The van der Waals surface area contributed by atoms with Crippen LogP contribution >= 0.6 is 0 Å². The van der Waals surface area contributed by atoms with Crippen LogP contribution in [0, 0.1) is 11.6 Å². The first kappa shape index (κ1) is 12.4. The van der Waals surface area contributed by atoms with E-state index in [1.165, 1.54) is 6.07 Å². The van der Waals surface area contributed by atoms with Gasteiger partial charge in [-0.1, -0.05) is 6.08 Å². The van der Waals surface area contributed by atoms with Gasteiger partial charge in [-0.2, -0.15) is 0 Å². The van der Waals surface area contributed by atoms with Crippen LogP contribution in [0.5, 0.6) is 0 Å². The normalized spacial score (nSPS) is 10.3. The molecule has 1 aromatic heterocycles. The predicted octanol–water partition coefficient (Wildman–Crippen LogP) is 3.54. The molecule has 0 aliphatic rings. The van der Waals surface area contributed by atoms with Gasteiger partial charge in [0, 0.05) is 18.0 Å². The number of benzene rings is 1. The van der Waals surface area contributed by atoms with E-state index in [9.17, 15) is 8.78 Å².